The van der Waals surface area contributed by atoms with Gasteiger partial charge in [-0.2, -0.15) is 0 Å². The normalized spacial score (nSPS) is 10.6. The number of hydrogen-bond donors (Lipinski definition) is 0. The van der Waals surface area contributed by atoms with Crippen molar-refractivity contribution in [3.8, 4) is 0 Å². The highest BCUT2D eigenvalue weighted by molar-refractivity contribution is 5.79. The molecule has 2 rings (SSSR count). The molecule has 0 amide bonds. The second kappa shape index (κ2) is 6.50. The van der Waals surface area contributed by atoms with Crippen molar-refractivity contribution in [3.05, 3.63) is 77.6 Å². The molecular formula is C16H13FNO. The van der Waals surface area contributed by atoms with E-state index >= 15 is 0 Å². The number of halogens is 1. The lowest BCUT2D eigenvalue weighted by Crippen LogP contribution is -1.90. The first-order valence-corrected chi connectivity index (χ1v) is 5.83. The fraction of sp³-hybridized carbons (Fsp3) is 0.0625. The third-order valence-electron chi connectivity index (χ3n) is 2.55. The van der Waals surface area contributed by atoms with E-state index in [4.69, 9.17) is 4.84 Å². The molecule has 2 nitrogen and oxygen atoms in total. The molecule has 2 aromatic rings. The van der Waals surface area contributed by atoms with Gasteiger partial charge in [-0.05, 0) is 23.3 Å². The average Bonchev–Trinajstić information content (AvgIpc) is 2.46. The van der Waals surface area contributed by atoms with E-state index in [9.17, 15) is 4.39 Å². The van der Waals surface area contributed by atoms with Crippen LogP contribution in [0.25, 0.3) is 6.08 Å². The van der Waals surface area contributed by atoms with Gasteiger partial charge in [0.2, 0.25) is 0 Å². The van der Waals surface area contributed by atoms with Gasteiger partial charge in [-0.1, -0.05) is 54.2 Å². The van der Waals surface area contributed by atoms with Gasteiger partial charge in [-0.3, -0.25) is 0 Å². The number of benzene rings is 2. The van der Waals surface area contributed by atoms with Crippen LogP contribution in [0.1, 0.15) is 16.7 Å². The summed E-state index contributed by atoms with van der Waals surface area (Å²) in [4.78, 5) is 5.07. The van der Waals surface area contributed by atoms with Crippen LogP contribution in [0.5, 0.6) is 0 Å². The lowest BCUT2D eigenvalue weighted by Gasteiger charge is -2.00. The fourth-order valence-corrected chi connectivity index (χ4v) is 1.49. The molecular weight excluding hydrogens is 241 g/mol. The van der Waals surface area contributed by atoms with Crippen molar-refractivity contribution in [2.24, 2.45) is 5.16 Å². The van der Waals surface area contributed by atoms with Crippen molar-refractivity contribution >= 4 is 12.3 Å². The molecule has 0 heterocycles. The molecule has 0 fully saturated rings. The van der Waals surface area contributed by atoms with E-state index in [0.29, 0.717) is 6.61 Å². The molecule has 19 heavy (non-hydrogen) atoms. The van der Waals surface area contributed by atoms with Crippen molar-refractivity contribution in [3.63, 3.8) is 0 Å². The van der Waals surface area contributed by atoms with Crippen LogP contribution in [-0.2, 0) is 11.4 Å². The smallest absolute Gasteiger partial charge is 0.142 e. The molecule has 3 heteroatoms. The van der Waals surface area contributed by atoms with E-state index in [0.717, 1.165) is 11.1 Å². The van der Waals surface area contributed by atoms with Crippen LogP contribution in [0.2, 0.25) is 0 Å². The molecule has 0 saturated carbocycles. The second-order valence-electron chi connectivity index (χ2n) is 3.90. The summed E-state index contributed by atoms with van der Waals surface area (Å²) in [6.45, 7) is 4.00. The predicted molar refractivity (Wildman–Crippen MR) is 74.3 cm³/mol. The van der Waals surface area contributed by atoms with Gasteiger partial charge < -0.3 is 4.84 Å². The molecule has 0 aliphatic rings. The van der Waals surface area contributed by atoms with Gasteiger partial charge in [0, 0.05) is 5.56 Å². The lowest BCUT2D eigenvalue weighted by atomic mass is 10.1. The molecule has 95 valence electrons. The Hall–Kier alpha value is -2.42. The highest BCUT2D eigenvalue weighted by Crippen LogP contribution is 2.07. The van der Waals surface area contributed by atoms with Crippen molar-refractivity contribution in [2.45, 2.75) is 6.61 Å². The Morgan fingerprint density at radius 1 is 1.16 bits per heavy atom. The van der Waals surface area contributed by atoms with E-state index in [1.165, 1.54) is 6.07 Å². The summed E-state index contributed by atoms with van der Waals surface area (Å²) in [5.41, 5.74) is 2.30. The summed E-state index contributed by atoms with van der Waals surface area (Å²) < 4.78 is 13.2. The second-order valence-corrected chi connectivity index (χ2v) is 3.90. The maximum absolute atomic E-state index is 13.2. The molecule has 0 atom stereocenters. The van der Waals surface area contributed by atoms with Crippen LogP contribution < -0.4 is 0 Å². The van der Waals surface area contributed by atoms with Crippen molar-refractivity contribution in [1.29, 1.82) is 0 Å². The third-order valence-corrected chi connectivity index (χ3v) is 2.55. The number of nitrogens with zero attached hydrogens (tertiary/aromatic N) is 1. The maximum atomic E-state index is 13.2. The summed E-state index contributed by atoms with van der Waals surface area (Å²) in [5, 5.41) is 3.63. The first-order chi connectivity index (χ1) is 9.29. The van der Waals surface area contributed by atoms with E-state index in [-0.39, 0.29) is 11.4 Å². The number of rotatable bonds is 5. The quantitative estimate of drug-likeness (QED) is 0.586. The predicted octanol–water partition coefficient (Wildman–Crippen LogP) is 3.90. The minimum atomic E-state index is -0.370. The van der Waals surface area contributed by atoms with Crippen molar-refractivity contribution in [2.75, 3.05) is 0 Å². The van der Waals surface area contributed by atoms with Crippen LogP contribution in [0, 0.1) is 5.82 Å². The summed E-state index contributed by atoms with van der Waals surface area (Å²) in [7, 11) is 0. The topological polar surface area (TPSA) is 21.6 Å². The Morgan fingerprint density at radius 3 is 2.58 bits per heavy atom. The van der Waals surface area contributed by atoms with Crippen LogP contribution in [0.15, 0.2) is 60.3 Å². The number of hydrogen-bond acceptors (Lipinski definition) is 2. The molecule has 0 aromatic heterocycles. The molecule has 0 bridgehead atoms. The Bertz CT molecular complexity index is 576. The first kappa shape index (κ1) is 13.0. The molecule has 0 unspecified atom stereocenters. The van der Waals surface area contributed by atoms with Crippen LogP contribution in [-0.4, -0.2) is 6.21 Å². The van der Waals surface area contributed by atoms with E-state index in [2.05, 4.69) is 17.9 Å². The minimum absolute atomic E-state index is 0.282. The Labute approximate surface area is 111 Å². The minimum Gasteiger partial charge on any atom is -0.390 e. The van der Waals surface area contributed by atoms with E-state index in [1.54, 1.807) is 24.3 Å². The van der Waals surface area contributed by atoms with Crippen molar-refractivity contribution < 1.29 is 9.23 Å². The summed E-state index contributed by atoms with van der Waals surface area (Å²) in [6, 6.07) is 14.0. The monoisotopic (exact) mass is 254 g/mol. The van der Waals surface area contributed by atoms with Gasteiger partial charge in [-0.25, -0.2) is 4.39 Å². The van der Waals surface area contributed by atoms with Crippen LogP contribution in [0.3, 0.4) is 0 Å². The summed E-state index contributed by atoms with van der Waals surface area (Å²) in [6.07, 6.45) is 4.29. The molecule has 0 spiro atoms. The molecule has 0 aliphatic carbocycles. The van der Waals surface area contributed by atoms with Gasteiger partial charge in [0.15, 0.2) is 0 Å². The maximum Gasteiger partial charge on any atom is 0.142 e. The lowest BCUT2D eigenvalue weighted by molar-refractivity contribution is 0.132. The molecule has 0 aliphatic heterocycles. The van der Waals surface area contributed by atoms with Crippen molar-refractivity contribution in [1.82, 2.24) is 0 Å². The van der Waals surface area contributed by atoms with E-state index in [1.807, 2.05) is 24.3 Å². The zero-order valence-corrected chi connectivity index (χ0v) is 10.3. The first-order valence-electron chi connectivity index (χ1n) is 5.83. The highest BCUT2D eigenvalue weighted by atomic mass is 19.1. The SMILES string of the molecule is C=Cc1ccc(CO/N=[C]\c2ccccc2F)cc1. The standard InChI is InChI=1S/C16H13FNO/c1-2-13-7-9-14(10-8-13)12-19-18-11-15-5-3-4-6-16(15)17/h2-10H,1,12H2. The zero-order chi connectivity index (χ0) is 13.5. The third kappa shape index (κ3) is 3.78. The highest BCUT2D eigenvalue weighted by Gasteiger charge is 1.97. The Morgan fingerprint density at radius 2 is 1.89 bits per heavy atom. The average molecular weight is 254 g/mol. The summed E-state index contributed by atoms with van der Waals surface area (Å²) in [5.74, 6) is -0.370. The van der Waals surface area contributed by atoms with Gasteiger partial charge in [0.25, 0.3) is 0 Å². The molecule has 0 saturated heterocycles. The van der Waals surface area contributed by atoms with Gasteiger partial charge in [-0.15, -0.1) is 0 Å². The van der Waals surface area contributed by atoms with Gasteiger partial charge >= 0.3 is 0 Å². The molecule has 0 N–H and O–H groups in total. The van der Waals surface area contributed by atoms with Crippen LogP contribution >= 0.6 is 0 Å². The molecule has 2 aromatic carbocycles. The summed E-state index contributed by atoms with van der Waals surface area (Å²) >= 11 is 0. The largest absolute Gasteiger partial charge is 0.390 e. The Kier molecular flexibility index (Phi) is 4.45. The van der Waals surface area contributed by atoms with Gasteiger partial charge in [0.05, 0.1) is 0 Å². The zero-order valence-electron chi connectivity index (χ0n) is 10.3. The van der Waals surface area contributed by atoms with Crippen LogP contribution in [0.4, 0.5) is 4.39 Å². The fourth-order valence-electron chi connectivity index (χ4n) is 1.49. The van der Waals surface area contributed by atoms with Gasteiger partial charge in [0.1, 0.15) is 18.6 Å². The Balaban J connectivity index is 1.89. The van der Waals surface area contributed by atoms with E-state index < -0.39 is 0 Å². The molecule has 1 radical (unpaired) electrons.